The van der Waals surface area contributed by atoms with Gasteiger partial charge in [0.2, 0.25) is 10.0 Å². The van der Waals surface area contributed by atoms with Crippen LogP contribution in [0.2, 0.25) is 0 Å². The molecule has 0 aromatic carbocycles. The van der Waals surface area contributed by atoms with E-state index in [4.69, 9.17) is 4.74 Å². The summed E-state index contributed by atoms with van der Waals surface area (Å²) in [4.78, 5) is 6.09. The van der Waals surface area contributed by atoms with Gasteiger partial charge in [-0.05, 0) is 25.8 Å². The molecule has 4 heterocycles. The maximum Gasteiger partial charge on any atom is 0.291 e. The second-order valence-electron chi connectivity index (χ2n) is 8.60. The Hall–Kier alpha value is -2.77. The molecule has 0 radical (unpaired) electrons. The first-order valence-corrected chi connectivity index (χ1v) is 13.0. The first-order chi connectivity index (χ1) is 16.6. The molecule has 186 valence electrons. The number of nitrogens with one attached hydrogen (secondary N) is 1. The smallest absolute Gasteiger partial charge is 0.291 e. The lowest BCUT2D eigenvalue weighted by Gasteiger charge is -2.38. The van der Waals surface area contributed by atoms with E-state index in [1.807, 2.05) is 17.9 Å². The van der Waals surface area contributed by atoms with Gasteiger partial charge in [-0.25, -0.2) is 22.2 Å². The molecule has 0 amide bonds. The number of fused-ring (bicyclic) bond motifs is 1. The highest BCUT2D eigenvalue weighted by Crippen LogP contribution is 2.38. The number of pyridine rings is 1. The molecule has 2 aliphatic rings. The number of rotatable bonds is 7. The van der Waals surface area contributed by atoms with Crippen molar-refractivity contribution in [2.75, 3.05) is 24.6 Å². The molecule has 5 rings (SSSR count). The molecule has 11 nitrogen and oxygen atoms in total. The highest BCUT2D eigenvalue weighted by molar-refractivity contribution is 7.89. The molecular formula is C20H21F2N7O4S2. The fraction of sp³-hybridized carbons (Fsp3) is 0.500. The van der Waals surface area contributed by atoms with E-state index in [2.05, 4.69) is 19.9 Å². The Morgan fingerprint density at radius 2 is 2.17 bits per heavy atom. The van der Waals surface area contributed by atoms with Crippen molar-refractivity contribution in [2.24, 2.45) is 0 Å². The molecule has 1 aliphatic carbocycles. The van der Waals surface area contributed by atoms with Gasteiger partial charge < -0.3 is 14.7 Å². The zero-order valence-corrected chi connectivity index (χ0v) is 20.1. The van der Waals surface area contributed by atoms with Crippen LogP contribution in [0.1, 0.15) is 31.2 Å². The van der Waals surface area contributed by atoms with Gasteiger partial charge in [-0.2, -0.15) is 9.98 Å². The Morgan fingerprint density at radius 3 is 2.80 bits per heavy atom. The maximum absolute atomic E-state index is 13.3. The second-order valence-corrected chi connectivity index (χ2v) is 11.3. The number of hydrogen-bond donors (Lipinski definition) is 2. The van der Waals surface area contributed by atoms with Crippen LogP contribution in [-0.4, -0.2) is 70.5 Å². The van der Waals surface area contributed by atoms with Gasteiger partial charge in [0.05, 0.1) is 42.3 Å². The zero-order chi connectivity index (χ0) is 25.0. The monoisotopic (exact) mass is 525 g/mol. The standard InChI is InChI=1S/C20H21F2N7O4S2/c1-11-6-28(7-12(9-30)33-11)14-4-13(35(31,32)27-20(10-23)2-3-20)8-29-15(14)5-24-17(29)19-26-25-18(34-19)16(21)22/h4-5,8,11-12,16,27,30H,2-3,6-7,9H2,1H3/t11-,12+/m1/s1. The number of alkyl halides is 2. The number of sulfonamides is 1. The summed E-state index contributed by atoms with van der Waals surface area (Å²) in [6, 6.07) is 3.49. The van der Waals surface area contributed by atoms with Crippen LogP contribution in [0, 0.1) is 11.3 Å². The zero-order valence-electron chi connectivity index (χ0n) is 18.4. The number of morpholine rings is 1. The van der Waals surface area contributed by atoms with Gasteiger partial charge in [-0.15, -0.1) is 10.2 Å². The summed E-state index contributed by atoms with van der Waals surface area (Å²) >= 11 is 0.666. The minimum absolute atomic E-state index is 0.105. The molecule has 2 N–H and O–H groups in total. The van der Waals surface area contributed by atoms with Crippen molar-refractivity contribution in [1.82, 2.24) is 24.3 Å². The summed E-state index contributed by atoms with van der Waals surface area (Å²) in [6.45, 7) is 2.34. The SMILES string of the molecule is C[C@@H]1CN(c2cc(S(=O)(=O)NC3(C#N)CC3)cn3c(-c4nnc(C(F)F)s4)ncc23)C[C@@H](CO)O1. The second kappa shape index (κ2) is 8.71. The average Bonchev–Trinajstić information content (AvgIpc) is 3.21. The third-order valence-electron chi connectivity index (χ3n) is 5.89. The molecule has 0 spiro atoms. The largest absolute Gasteiger partial charge is 0.394 e. The van der Waals surface area contributed by atoms with E-state index < -0.39 is 33.1 Å². The molecule has 35 heavy (non-hydrogen) atoms. The predicted octanol–water partition coefficient (Wildman–Crippen LogP) is 1.71. The van der Waals surface area contributed by atoms with Crippen molar-refractivity contribution in [1.29, 1.82) is 5.26 Å². The molecule has 15 heteroatoms. The van der Waals surface area contributed by atoms with Gasteiger partial charge >= 0.3 is 0 Å². The molecule has 0 bridgehead atoms. The maximum atomic E-state index is 13.3. The average molecular weight is 526 g/mol. The lowest BCUT2D eigenvalue weighted by atomic mass is 10.2. The Bertz CT molecular complexity index is 1410. The number of imidazole rings is 1. The van der Waals surface area contributed by atoms with E-state index in [1.54, 1.807) is 0 Å². The third-order valence-corrected chi connectivity index (χ3v) is 8.32. The van der Waals surface area contributed by atoms with Crippen LogP contribution in [0.5, 0.6) is 0 Å². The fourth-order valence-electron chi connectivity index (χ4n) is 4.05. The van der Waals surface area contributed by atoms with Crippen molar-refractivity contribution >= 4 is 32.6 Å². The number of halogens is 2. The van der Waals surface area contributed by atoms with Crippen LogP contribution in [0.25, 0.3) is 16.3 Å². The van der Waals surface area contributed by atoms with Gasteiger partial charge in [0.1, 0.15) is 10.4 Å². The first-order valence-electron chi connectivity index (χ1n) is 10.7. The van der Waals surface area contributed by atoms with Crippen LogP contribution >= 0.6 is 11.3 Å². The van der Waals surface area contributed by atoms with Crippen molar-refractivity contribution in [2.45, 2.75) is 48.8 Å². The summed E-state index contributed by atoms with van der Waals surface area (Å²) in [6.07, 6.45) is 0.131. The molecule has 1 saturated heterocycles. The van der Waals surface area contributed by atoms with Crippen LogP contribution in [0.4, 0.5) is 14.5 Å². The van der Waals surface area contributed by atoms with Crippen LogP contribution in [0.15, 0.2) is 23.4 Å². The summed E-state index contributed by atoms with van der Waals surface area (Å²) in [5.41, 5.74) is -0.118. The van der Waals surface area contributed by atoms with E-state index in [0.717, 1.165) is 0 Å². The van der Waals surface area contributed by atoms with Gasteiger partial charge in [0, 0.05) is 19.3 Å². The van der Waals surface area contributed by atoms with Crippen LogP contribution in [-0.2, 0) is 14.8 Å². The highest BCUT2D eigenvalue weighted by Gasteiger charge is 2.47. The van der Waals surface area contributed by atoms with E-state index in [1.165, 1.54) is 22.9 Å². The molecular weight excluding hydrogens is 504 g/mol. The van der Waals surface area contributed by atoms with Crippen LogP contribution < -0.4 is 9.62 Å². The quantitative estimate of drug-likeness (QED) is 0.471. The van der Waals surface area contributed by atoms with Gasteiger partial charge in [-0.1, -0.05) is 11.3 Å². The molecule has 0 unspecified atom stereocenters. The lowest BCUT2D eigenvalue weighted by molar-refractivity contribution is -0.0420. The molecule has 2 fully saturated rings. The molecule has 1 saturated carbocycles. The van der Waals surface area contributed by atoms with Crippen molar-refractivity contribution < 1.29 is 27.0 Å². The van der Waals surface area contributed by atoms with Gasteiger partial charge in [0.25, 0.3) is 6.43 Å². The number of ether oxygens (including phenoxy) is 1. The lowest BCUT2D eigenvalue weighted by Crippen LogP contribution is -2.48. The first kappa shape index (κ1) is 23.9. The molecule has 3 aromatic rings. The number of nitrogens with zero attached hydrogens (tertiary/aromatic N) is 6. The summed E-state index contributed by atoms with van der Waals surface area (Å²) in [5, 5.41) is 26.0. The van der Waals surface area contributed by atoms with Gasteiger partial charge in [-0.3, -0.25) is 4.40 Å². The number of nitriles is 1. The highest BCUT2D eigenvalue weighted by atomic mass is 32.2. The summed E-state index contributed by atoms with van der Waals surface area (Å²) in [5.74, 6) is 0.157. The number of aliphatic hydroxyl groups is 1. The predicted molar refractivity (Wildman–Crippen MR) is 121 cm³/mol. The van der Waals surface area contributed by atoms with Crippen molar-refractivity contribution in [3.05, 3.63) is 23.5 Å². The molecule has 1 aliphatic heterocycles. The Kier molecular flexibility index (Phi) is 5.96. The molecule has 2 atom stereocenters. The summed E-state index contributed by atoms with van der Waals surface area (Å²) < 4.78 is 62.4. The number of hydrogen-bond acceptors (Lipinski definition) is 10. The Balaban J connectivity index is 1.66. The van der Waals surface area contributed by atoms with Crippen LogP contribution in [0.3, 0.4) is 0 Å². The minimum Gasteiger partial charge on any atom is -0.394 e. The van der Waals surface area contributed by atoms with E-state index >= 15 is 0 Å². The van der Waals surface area contributed by atoms with Crippen molar-refractivity contribution in [3.63, 3.8) is 0 Å². The van der Waals surface area contributed by atoms with E-state index in [-0.39, 0.29) is 28.4 Å². The number of aromatic nitrogens is 4. The number of anilines is 1. The summed E-state index contributed by atoms with van der Waals surface area (Å²) in [7, 11) is -4.12. The van der Waals surface area contributed by atoms with Gasteiger partial charge in [0.15, 0.2) is 15.8 Å². The fourth-order valence-corrected chi connectivity index (χ4v) is 6.13. The Labute approximate surface area is 203 Å². The molecule has 3 aromatic heterocycles. The van der Waals surface area contributed by atoms with E-state index in [0.29, 0.717) is 48.5 Å². The topological polar surface area (TPSA) is 146 Å². The number of aliphatic hydroxyl groups excluding tert-OH is 1. The Morgan fingerprint density at radius 1 is 1.40 bits per heavy atom. The normalized spacial score (nSPS) is 22.0. The minimum atomic E-state index is -4.12. The van der Waals surface area contributed by atoms with E-state index in [9.17, 15) is 27.6 Å². The van der Waals surface area contributed by atoms with Crippen molar-refractivity contribution in [3.8, 4) is 16.9 Å². The third kappa shape index (κ3) is 4.47.